The van der Waals surface area contributed by atoms with Gasteiger partial charge in [0.2, 0.25) is 0 Å². The molecule has 1 saturated carbocycles. The SMILES string of the molecule is CN(Cc1ccccc1Cl)C1C[C@@H]2CN(C(=O)n3cc(C(=O)N4CCCC4)cn3)C[C@@H]2C1. The Kier molecular flexibility index (Phi) is 5.95. The number of hydrogen-bond donors (Lipinski definition) is 0. The molecule has 1 unspecified atom stereocenters. The quantitative estimate of drug-likeness (QED) is 0.707. The van der Waals surface area contributed by atoms with E-state index in [9.17, 15) is 9.59 Å². The van der Waals surface area contributed by atoms with Gasteiger partial charge in [0.25, 0.3) is 5.91 Å². The van der Waals surface area contributed by atoms with Crippen molar-refractivity contribution in [3.63, 3.8) is 0 Å². The van der Waals surface area contributed by atoms with Gasteiger partial charge in [-0.3, -0.25) is 9.69 Å². The van der Waals surface area contributed by atoms with Crippen molar-refractivity contribution in [3.05, 3.63) is 52.8 Å². The van der Waals surface area contributed by atoms with Crippen LogP contribution in [0.5, 0.6) is 0 Å². The van der Waals surface area contributed by atoms with Crippen LogP contribution in [0, 0.1) is 11.8 Å². The lowest BCUT2D eigenvalue weighted by molar-refractivity contribution is 0.0793. The molecule has 3 atom stereocenters. The third-order valence-corrected chi connectivity index (χ3v) is 7.79. The number of likely N-dealkylation sites (tertiary alicyclic amines) is 2. The van der Waals surface area contributed by atoms with Crippen LogP contribution in [0.25, 0.3) is 0 Å². The molecule has 2 aliphatic heterocycles. The highest BCUT2D eigenvalue weighted by molar-refractivity contribution is 6.31. The first kappa shape index (κ1) is 21.5. The summed E-state index contributed by atoms with van der Waals surface area (Å²) in [7, 11) is 2.17. The van der Waals surface area contributed by atoms with Crippen LogP contribution in [-0.4, -0.2) is 75.7 Å². The Labute approximate surface area is 193 Å². The molecular formula is C24H30ClN5O2. The minimum absolute atomic E-state index is 0.0239. The average Bonchev–Trinajstić information content (AvgIpc) is 3.58. The largest absolute Gasteiger partial charge is 0.344 e. The van der Waals surface area contributed by atoms with E-state index in [4.69, 9.17) is 11.6 Å². The molecule has 0 bridgehead atoms. The molecule has 0 radical (unpaired) electrons. The van der Waals surface area contributed by atoms with Crippen molar-refractivity contribution >= 4 is 23.5 Å². The number of hydrogen-bond acceptors (Lipinski definition) is 4. The number of carbonyl (C=O) groups excluding carboxylic acids is 2. The van der Waals surface area contributed by atoms with E-state index in [2.05, 4.69) is 23.1 Å². The van der Waals surface area contributed by atoms with Gasteiger partial charge in [-0.05, 0) is 56.2 Å². The zero-order valence-corrected chi connectivity index (χ0v) is 19.2. The maximum atomic E-state index is 13.0. The molecule has 32 heavy (non-hydrogen) atoms. The number of rotatable bonds is 4. The van der Waals surface area contributed by atoms with E-state index in [1.807, 2.05) is 28.0 Å². The highest BCUT2D eigenvalue weighted by Crippen LogP contribution is 2.40. The van der Waals surface area contributed by atoms with E-state index < -0.39 is 0 Å². The number of carbonyl (C=O) groups is 2. The minimum atomic E-state index is -0.124. The molecule has 1 aromatic heterocycles. The second-order valence-corrected chi connectivity index (χ2v) is 9.92. The second kappa shape index (κ2) is 8.87. The fourth-order valence-electron chi connectivity index (χ4n) is 5.59. The summed E-state index contributed by atoms with van der Waals surface area (Å²) in [5.41, 5.74) is 1.66. The Bertz CT molecular complexity index is 988. The van der Waals surface area contributed by atoms with Gasteiger partial charge in [0, 0.05) is 50.0 Å². The number of fused-ring (bicyclic) bond motifs is 1. The van der Waals surface area contributed by atoms with Crippen LogP contribution in [0.1, 0.15) is 41.6 Å². The molecule has 2 aromatic rings. The van der Waals surface area contributed by atoms with Crippen LogP contribution < -0.4 is 0 Å². The summed E-state index contributed by atoms with van der Waals surface area (Å²) in [4.78, 5) is 31.7. The van der Waals surface area contributed by atoms with Crippen LogP contribution in [-0.2, 0) is 6.54 Å². The molecule has 3 heterocycles. The number of benzene rings is 1. The van der Waals surface area contributed by atoms with Crippen LogP contribution >= 0.6 is 11.6 Å². The Hall–Kier alpha value is -2.38. The van der Waals surface area contributed by atoms with Crippen molar-refractivity contribution in [2.45, 2.75) is 38.3 Å². The van der Waals surface area contributed by atoms with Crippen molar-refractivity contribution in [2.75, 3.05) is 33.2 Å². The van der Waals surface area contributed by atoms with Gasteiger partial charge in [-0.25, -0.2) is 4.79 Å². The Morgan fingerprint density at radius 3 is 2.47 bits per heavy atom. The van der Waals surface area contributed by atoms with Crippen molar-refractivity contribution in [2.24, 2.45) is 11.8 Å². The highest BCUT2D eigenvalue weighted by Gasteiger charge is 2.43. The van der Waals surface area contributed by atoms with E-state index in [1.165, 1.54) is 10.9 Å². The summed E-state index contributed by atoms with van der Waals surface area (Å²) < 4.78 is 1.34. The Morgan fingerprint density at radius 1 is 1.09 bits per heavy atom. The fourth-order valence-corrected chi connectivity index (χ4v) is 5.79. The van der Waals surface area contributed by atoms with E-state index in [0.29, 0.717) is 23.4 Å². The predicted molar refractivity (Wildman–Crippen MR) is 123 cm³/mol. The van der Waals surface area contributed by atoms with Crippen LogP contribution in [0.2, 0.25) is 5.02 Å². The summed E-state index contributed by atoms with van der Waals surface area (Å²) in [5.74, 6) is 1.00. The lowest BCUT2D eigenvalue weighted by atomic mass is 10.0. The zero-order chi connectivity index (χ0) is 22.2. The molecule has 170 valence electrons. The maximum absolute atomic E-state index is 13.0. The van der Waals surface area contributed by atoms with Gasteiger partial charge >= 0.3 is 6.03 Å². The molecule has 0 N–H and O–H groups in total. The van der Waals surface area contributed by atoms with Crippen molar-refractivity contribution in [3.8, 4) is 0 Å². The van der Waals surface area contributed by atoms with Crippen molar-refractivity contribution in [1.82, 2.24) is 24.5 Å². The summed E-state index contributed by atoms with van der Waals surface area (Å²) >= 11 is 6.34. The van der Waals surface area contributed by atoms with Gasteiger partial charge in [-0.1, -0.05) is 29.8 Å². The van der Waals surface area contributed by atoms with Gasteiger partial charge in [-0.15, -0.1) is 0 Å². The summed E-state index contributed by atoms with van der Waals surface area (Å²) in [6.07, 6.45) is 7.39. The number of halogens is 1. The maximum Gasteiger partial charge on any atom is 0.344 e. The Morgan fingerprint density at radius 2 is 1.78 bits per heavy atom. The highest BCUT2D eigenvalue weighted by atomic mass is 35.5. The molecule has 3 fully saturated rings. The molecule has 3 aliphatic rings. The van der Waals surface area contributed by atoms with E-state index in [0.717, 1.165) is 69.0 Å². The molecule has 2 saturated heterocycles. The first-order chi connectivity index (χ1) is 15.5. The average molecular weight is 456 g/mol. The number of nitrogens with zero attached hydrogens (tertiary/aromatic N) is 5. The van der Waals surface area contributed by atoms with Gasteiger partial charge in [-0.2, -0.15) is 9.78 Å². The van der Waals surface area contributed by atoms with E-state index >= 15 is 0 Å². The van der Waals surface area contributed by atoms with E-state index in [1.54, 1.807) is 6.20 Å². The lowest BCUT2D eigenvalue weighted by Crippen LogP contribution is -2.36. The first-order valence-electron chi connectivity index (χ1n) is 11.6. The topological polar surface area (TPSA) is 61.7 Å². The summed E-state index contributed by atoms with van der Waals surface area (Å²) in [6.45, 7) is 3.94. The van der Waals surface area contributed by atoms with Crippen LogP contribution in [0.15, 0.2) is 36.7 Å². The van der Waals surface area contributed by atoms with Gasteiger partial charge < -0.3 is 9.80 Å². The monoisotopic (exact) mass is 455 g/mol. The fraction of sp³-hybridized carbons (Fsp3) is 0.542. The number of aromatic nitrogens is 2. The second-order valence-electron chi connectivity index (χ2n) is 9.51. The molecule has 1 aromatic carbocycles. The molecule has 5 rings (SSSR count). The normalized spacial score (nSPS) is 25.0. The van der Waals surface area contributed by atoms with E-state index in [-0.39, 0.29) is 11.9 Å². The van der Waals surface area contributed by atoms with Gasteiger partial charge in [0.15, 0.2) is 0 Å². The molecule has 0 spiro atoms. The molecule has 8 heteroatoms. The van der Waals surface area contributed by atoms with Crippen LogP contribution in [0.4, 0.5) is 4.79 Å². The zero-order valence-electron chi connectivity index (χ0n) is 18.5. The van der Waals surface area contributed by atoms with Crippen molar-refractivity contribution in [1.29, 1.82) is 0 Å². The smallest absolute Gasteiger partial charge is 0.339 e. The molecule has 1 aliphatic carbocycles. The van der Waals surface area contributed by atoms with Gasteiger partial charge in [0.1, 0.15) is 0 Å². The molecular weight excluding hydrogens is 426 g/mol. The van der Waals surface area contributed by atoms with Crippen LogP contribution in [0.3, 0.4) is 0 Å². The number of amides is 2. The third-order valence-electron chi connectivity index (χ3n) is 7.42. The molecule has 2 amide bonds. The Balaban J connectivity index is 1.16. The molecule has 7 nitrogen and oxygen atoms in total. The standard InChI is InChI=1S/C24H30ClN5O2/c1-27(13-17-6-2-3-7-22(17)25)21-10-18-14-29(15-19(18)11-21)24(32)30-16-20(12-26-30)23(31)28-8-4-5-9-28/h2-3,6-7,12,16,18-19,21H,4-5,8-11,13-15H2,1H3/t18-,19+,21?. The summed E-state index contributed by atoms with van der Waals surface area (Å²) in [6, 6.07) is 8.40. The first-order valence-corrected chi connectivity index (χ1v) is 11.9. The summed E-state index contributed by atoms with van der Waals surface area (Å²) in [5, 5.41) is 5.02. The third kappa shape index (κ3) is 4.16. The predicted octanol–water partition coefficient (Wildman–Crippen LogP) is 3.58. The van der Waals surface area contributed by atoms with Gasteiger partial charge in [0.05, 0.1) is 11.8 Å². The lowest BCUT2D eigenvalue weighted by Gasteiger charge is -2.26. The minimum Gasteiger partial charge on any atom is -0.339 e. The van der Waals surface area contributed by atoms with Crippen molar-refractivity contribution < 1.29 is 9.59 Å².